The Morgan fingerprint density at radius 2 is 0.659 bits per heavy atom. The molecule has 0 aliphatic carbocycles. The van der Waals surface area contributed by atoms with Crippen LogP contribution in [0, 0.1) is 0 Å². The van der Waals surface area contributed by atoms with Crippen molar-refractivity contribution in [2.75, 3.05) is 0 Å². The molecule has 0 saturated carbocycles. The lowest BCUT2D eigenvalue weighted by molar-refractivity contribution is 1.08. The van der Waals surface area contributed by atoms with Crippen molar-refractivity contribution in [1.29, 1.82) is 0 Å². The number of nitrogens with zero attached hydrogens (tertiary/aromatic N) is 3. The predicted octanol–water partition coefficient (Wildman–Crippen LogP) is 10.6. The maximum atomic E-state index is 5.16. The summed E-state index contributed by atoms with van der Waals surface area (Å²) in [4.78, 5) is 15.4. The molecular weight excluding hydrogens is 534 g/mol. The summed E-state index contributed by atoms with van der Waals surface area (Å²) in [6.07, 6.45) is 0. The summed E-state index contributed by atoms with van der Waals surface area (Å²) < 4.78 is 0. The van der Waals surface area contributed by atoms with E-state index in [0.29, 0.717) is 17.5 Å². The molecule has 9 aromatic rings. The number of rotatable bonds is 3. The molecule has 9 rings (SSSR count). The minimum Gasteiger partial charge on any atom is -0.208 e. The molecule has 0 radical (unpaired) electrons. The number of hydrogen-bond donors (Lipinski definition) is 0. The zero-order valence-electron chi connectivity index (χ0n) is 23.8. The fraction of sp³-hybridized carbons (Fsp3) is 0. The molecule has 0 amide bonds. The van der Waals surface area contributed by atoms with Crippen molar-refractivity contribution in [3.05, 3.63) is 152 Å². The average Bonchev–Trinajstić information content (AvgIpc) is 3.11. The van der Waals surface area contributed by atoms with Crippen LogP contribution in [0.2, 0.25) is 0 Å². The number of fused-ring (bicyclic) bond motifs is 8. The topological polar surface area (TPSA) is 38.7 Å². The molecular formula is C41H25N3. The Hall–Kier alpha value is -5.93. The highest BCUT2D eigenvalue weighted by Gasteiger charge is 2.17. The number of hydrogen-bond acceptors (Lipinski definition) is 3. The van der Waals surface area contributed by atoms with Crippen molar-refractivity contribution in [3.8, 4) is 34.2 Å². The molecule has 44 heavy (non-hydrogen) atoms. The Morgan fingerprint density at radius 3 is 1.18 bits per heavy atom. The summed E-state index contributed by atoms with van der Waals surface area (Å²) >= 11 is 0. The third kappa shape index (κ3) is 3.87. The highest BCUT2D eigenvalue weighted by molar-refractivity contribution is 6.25. The van der Waals surface area contributed by atoms with E-state index in [9.17, 15) is 0 Å². The van der Waals surface area contributed by atoms with Crippen molar-refractivity contribution < 1.29 is 0 Å². The van der Waals surface area contributed by atoms with E-state index in [1.807, 2.05) is 0 Å². The van der Waals surface area contributed by atoms with Crippen LogP contribution in [-0.4, -0.2) is 15.0 Å². The second kappa shape index (κ2) is 9.82. The van der Waals surface area contributed by atoms with E-state index in [-0.39, 0.29) is 0 Å². The van der Waals surface area contributed by atoms with Gasteiger partial charge < -0.3 is 0 Å². The maximum absolute atomic E-state index is 5.16. The van der Waals surface area contributed by atoms with Crippen molar-refractivity contribution in [2.24, 2.45) is 0 Å². The second-order valence-corrected chi connectivity index (χ2v) is 11.2. The molecule has 0 aliphatic rings. The Labute approximate surface area is 254 Å². The van der Waals surface area contributed by atoms with Gasteiger partial charge in [-0.1, -0.05) is 146 Å². The summed E-state index contributed by atoms with van der Waals surface area (Å²) in [6.45, 7) is 0. The minimum atomic E-state index is 0.657. The Kier molecular flexibility index (Phi) is 5.50. The molecule has 0 spiro atoms. The second-order valence-electron chi connectivity index (χ2n) is 11.2. The zero-order chi connectivity index (χ0) is 29.0. The van der Waals surface area contributed by atoms with Crippen LogP contribution in [0.3, 0.4) is 0 Å². The Bertz CT molecular complexity index is 2420. The molecule has 1 heterocycles. The number of aromatic nitrogens is 3. The molecule has 0 N–H and O–H groups in total. The average molecular weight is 560 g/mol. The lowest BCUT2D eigenvalue weighted by atomic mass is 9.93. The maximum Gasteiger partial charge on any atom is 0.164 e. The molecule has 3 heteroatoms. The molecule has 0 aliphatic heterocycles. The molecule has 1 aromatic heterocycles. The van der Waals surface area contributed by atoms with Crippen LogP contribution in [0.1, 0.15) is 0 Å². The largest absolute Gasteiger partial charge is 0.208 e. The first kappa shape index (κ1) is 24.6. The summed E-state index contributed by atoms with van der Waals surface area (Å²) in [6, 6.07) is 53.4. The van der Waals surface area contributed by atoms with Gasteiger partial charge in [0.2, 0.25) is 0 Å². The monoisotopic (exact) mass is 559 g/mol. The first-order valence-electron chi connectivity index (χ1n) is 14.9. The smallest absolute Gasteiger partial charge is 0.164 e. The van der Waals surface area contributed by atoms with Gasteiger partial charge in [0.05, 0.1) is 0 Å². The van der Waals surface area contributed by atoms with E-state index in [2.05, 4.69) is 152 Å². The van der Waals surface area contributed by atoms with Crippen LogP contribution in [0.5, 0.6) is 0 Å². The van der Waals surface area contributed by atoms with Gasteiger partial charge >= 0.3 is 0 Å². The van der Waals surface area contributed by atoms with E-state index in [4.69, 9.17) is 15.0 Å². The number of benzene rings is 8. The normalized spacial score (nSPS) is 11.6. The van der Waals surface area contributed by atoms with E-state index >= 15 is 0 Å². The molecule has 0 fully saturated rings. The van der Waals surface area contributed by atoms with Gasteiger partial charge in [-0.25, -0.2) is 15.0 Å². The van der Waals surface area contributed by atoms with Crippen LogP contribution in [-0.2, 0) is 0 Å². The van der Waals surface area contributed by atoms with Gasteiger partial charge in [0.25, 0.3) is 0 Å². The SMILES string of the molecule is c1ccc2c(-c3nc(-c4ccc5c6ccccc6c6ccccc6c5c4)nc(-c4cccc5ccccc45)n3)cccc2c1. The standard InChI is InChI=1S/C41H25N3/c1-3-15-29-26(11-1)13-9-21-36(29)40-42-39(43-41(44-40)37-22-10-14-27-12-2-4-16-30(27)37)28-23-24-35-33-19-6-5-17-31(33)32-18-7-8-20-34(32)38(35)25-28/h1-25H. The lowest BCUT2D eigenvalue weighted by Gasteiger charge is -2.13. The van der Waals surface area contributed by atoms with E-state index < -0.39 is 0 Å². The first-order chi connectivity index (χ1) is 21.8. The van der Waals surface area contributed by atoms with Crippen molar-refractivity contribution in [3.63, 3.8) is 0 Å². The highest BCUT2D eigenvalue weighted by atomic mass is 15.0. The fourth-order valence-corrected chi connectivity index (χ4v) is 6.63. The zero-order valence-corrected chi connectivity index (χ0v) is 23.8. The van der Waals surface area contributed by atoms with Gasteiger partial charge in [0.1, 0.15) is 0 Å². The molecule has 8 aromatic carbocycles. The van der Waals surface area contributed by atoms with Crippen molar-refractivity contribution in [1.82, 2.24) is 15.0 Å². The molecule has 0 atom stereocenters. The molecule has 0 bridgehead atoms. The van der Waals surface area contributed by atoms with Crippen LogP contribution in [0.25, 0.3) is 88.0 Å². The third-order valence-corrected chi connectivity index (χ3v) is 8.70. The summed E-state index contributed by atoms with van der Waals surface area (Å²) in [5, 5.41) is 11.9. The summed E-state index contributed by atoms with van der Waals surface area (Å²) in [5.41, 5.74) is 2.94. The van der Waals surface area contributed by atoms with Crippen LogP contribution < -0.4 is 0 Å². The summed E-state index contributed by atoms with van der Waals surface area (Å²) in [5.74, 6) is 1.99. The van der Waals surface area contributed by atoms with Gasteiger partial charge in [0.15, 0.2) is 17.5 Å². The molecule has 204 valence electrons. The quantitative estimate of drug-likeness (QED) is 0.202. The van der Waals surface area contributed by atoms with E-state index in [1.54, 1.807) is 0 Å². The van der Waals surface area contributed by atoms with Crippen LogP contribution >= 0.6 is 0 Å². The highest BCUT2D eigenvalue weighted by Crippen LogP contribution is 2.38. The molecule has 0 unspecified atom stereocenters. The van der Waals surface area contributed by atoms with E-state index in [0.717, 1.165) is 38.2 Å². The van der Waals surface area contributed by atoms with E-state index in [1.165, 1.54) is 32.3 Å². The van der Waals surface area contributed by atoms with Gasteiger partial charge in [0, 0.05) is 16.7 Å². The van der Waals surface area contributed by atoms with Gasteiger partial charge in [-0.15, -0.1) is 0 Å². The van der Waals surface area contributed by atoms with Gasteiger partial charge in [-0.2, -0.15) is 0 Å². The lowest BCUT2D eigenvalue weighted by Crippen LogP contribution is -2.01. The van der Waals surface area contributed by atoms with Crippen molar-refractivity contribution >= 4 is 53.9 Å². The Balaban J connectivity index is 1.35. The van der Waals surface area contributed by atoms with Gasteiger partial charge in [-0.3, -0.25) is 0 Å². The minimum absolute atomic E-state index is 0.657. The van der Waals surface area contributed by atoms with Gasteiger partial charge in [-0.05, 0) is 59.9 Å². The predicted molar refractivity (Wildman–Crippen MR) is 184 cm³/mol. The van der Waals surface area contributed by atoms with Crippen molar-refractivity contribution in [2.45, 2.75) is 0 Å². The third-order valence-electron chi connectivity index (χ3n) is 8.70. The fourth-order valence-electron chi connectivity index (χ4n) is 6.63. The summed E-state index contributed by atoms with van der Waals surface area (Å²) in [7, 11) is 0. The Morgan fingerprint density at radius 1 is 0.273 bits per heavy atom. The van der Waals surface area contributed by atoms with Crippen LogP contribution in [0.4, 0.5) is 0 Å². The molecule has 3 nitrogen and oxygen atoms in total. The van der Waals surface area contributed by atoms with Crippen LogP contribution in [0.15, 0.2) is 152 Å². The first-order valence-corrected chi connectivity index (χ1v) is 14.9. The molecule has 0 saturated heterocycles.